The summed E-state index contributed by atoms with van der Waals surface area (Å²) in [6.07, 6.45) is -0.434. The zero-order valence-corrected chi connectivity index (χ0v) is 5.41. The van der Waals surface area contributed by atoms with Gasteiger partial charge in [0.1, 0.15) is 6.10 Å². The molecule has 0 radical (unpaired) electrons. The highest BCUT2D eigenvalue weighted by Crippen LogP contribution is 2.28. The van der Waals surface area contributed by atoms with Gasteiger partial charge in [0, 0.05) is 6.54 Å². The molecular weight excluding hydrogens is 134 g/mol. The lowest BCUT2D eigenvalue weighted by molar-refractivity contribution is -0.122. The number of ether oxygens (including phenoxy) is 1. The predicted octanol–water partition coefficient (Wildman–Crippen LogP) is -1.37. The fourth-order valence-electron chi connectivity index (χ4n) is 1.24. The number of aliphatic hydroxyl groups excluding tert-OH is 1. The molecule has 0 aromatic heterocycles. The highest BCUT2D eigenvalue weighted by molar-refractivity contribution is 5.84. The Morgan fingerprint density at radius 2 is 2.50 bits per heavy atom. The first-order valence-corrected chi connectivity index (χ1v) is 3.40. The SMILES string of the molecule is O=C1NCCC(O)C2OC12. The fraction of sp³-hybridized carbons (Fsp3) is 0.833. The fourth-order valence-corrected chi connectivity index (χ4v) is 1.24. The van der Waals surface area contributed by atoms with Crippen LogP contribution in [-0.2, 0) is 9.53 Å². The Morgan fingerprint density at radius 3 is 3.30 bits per heavy atom. The average molecular weight is 143 g/mol. The molecule has 3 unspecified atom stereocenters. The minimum Gasteiger partial charge on any atom is -0.390 e. The molecule has 2 aliphatic heterocycles. The number of epoxide rings is 1. The maximum atomic E-state index is 10.9. The molecule has 2 fully saturated rings. The Kier molecular flexibility index (Phi) is 1.18. The molecule has 2 saturated heterocycles. The van der Waals surface area contributed by atoms with Gasteiger partial charge < -0.3 is 15.2 Å². The summed E-state index contributed by atoms with van der Waals surface area (Å²) in [5.74, 6) is -0.0819. The van der Waals surface area contributed by atoms with Crippen LogP contribution in [0.5, 0.6) is 0 Å². The summed E-state index contributed by atoms with van der Waals surface area (Å²) >= 11 is 0. The largest absolute Gasteiger partial charge is 0.390 e. The molecule has 0 bridgehead atoms. The monoisotopic (exact) mass is 143 g/mol. The number of hydrogen-bond donors (Lipinski definition) is 2. The van der Waals surface area contributed by atoms with Crippen LogP contribution in [0.3, 0.4) is 0 Å². The highest BCUT2D eigenvalue weighted by Gasteiger charge is 2.50. The van der Waals surface area contributed by atoms with E-state index >= 15 is 0 Å². The molecule has 4 heteroatoms. The maximum absolute atomic E-state index is 10.9. The number of hydrogen-bond acceptors (Lipinski definition) is 3. The number of fused-ring (bicyclic) bond motifs is 1. The van der Waals surface area contributed by atoms with Crippen molar-refractivity contribution in [2.24, 2.45) is 0 Å². The lowest BCUT2D eigenvalue weighted by atomic mass is 10.2. The topological polar surface area (TPSA) is 61.9 Å². The molecule has 2 N–H and O–H groups in total. The number of nitrogens with one attached hydrogen (secondary N) is 1. The van der Waals surface area contributed by atoms with Crippen LogP contribution >= 0.6 is 0 Å². The first-order valence-electron chi connectivity index (χ1n) is 3.40. The van der Waals surface area contributed by atoms with Crippen LogP contribution in [0.1, 0.15) is 6.42 Å². The second-order valence-corrected chi connectivity index (χ2v) is 2.67. The molecule has 2 aliphatic rings. The molecule has 0 spiro atoms. The zero-order chi connectivity index (χ0) is 7.14. The van der Waals surface area contributed by atoms with Crippen molar-refractivity contribution in [2.75, 3.05) is 6.54 Å². The molecular formula is C6H9NO3. The second-order valence-electron chi connectivity index (χ2n) is 2.67. The van der Waals surface area contributed by atoms with Gasteiger partial charge in [-0.3, -0.25) is 4.79 Å². The number of aliphatic hydroxyl groups is 1. The van der Waals surface area contributed by atoms with E-state index in [1.807, 2.05) is 0 Å². The minimum absolute atomic E-state index is 0.0819. The van der Waals surface area contributed by atoms with Gasteiger partial charge in [-0.15, -0.1) is 0 Å². The van der Waals surface area contributed by atoms with E-state index in [-0.39, 0.29) is 18.1 Å². The van der Waals surface area contributed by atoms with Crippen LogP contribution in [0.4, 0.5) is 0 Å². The summed E-state index contributed by atoms with van der Waals surface area (Å²) in [6.45, 7) is 0.566. The Balaban J connectivity index is 2.07. The highest BCUT2D eigenvalue weighted by atomic mass is 16.6. The quantitative estimate of drug-likeness (QED) is 0.411. The minimum atomic E-state index is -0.455. The number of carbonyl (C=O) groups excluding carboxylic acids is 1. The van der Waals surface area contributed by atoms with Crippen molar-refractivity contribution in [1.82, 2.24) is 5.32 Å². The van der Waals surface area contributed by atoms with Crippen molar-refractivity contribution in [3.63, 3.8) is 0 Å². The molecule has 56 valence electrons. The summed E-state index contributed by atoms with van der Waals surface area (Å²) in [6, 6.07) is 0. The summed E-state index contributed by atoms with van der Waals surface area (Å²) in [5.41, 5.74) is 0. The normalized spacial score (nSPS) is 45.3. The molecule has 0 saturated carbocycles. The van der Waals surface area contributed by atoms with E-state index in [4.69, 9.17) is 4.74 Å². The van der Waals surface area contributed by atoms with Crippen LogP contribution in [0, 0.1) is 0 Å². The van der Waals surface area contributed by atoms with Gasteiger partial charge in [0.25, 0.3) is 5.91 Å². The Hall–Kier alpha value is -0.610. The smallest absolute Gasteiger partial charge is 0.251 e. The summed E-state index contributed by atoms with van der Waals surface area (Å²) in [5, 5.41) is 11.8. The molecule has 0 aliphatic carbocycles. The van der Waals surface area contributed by atoms with Crippen molar-refractivity contribution in [3.8, 4) is 0 Å². The third-order valence-electron chi connectivity index (χ3n) is 1.90. The van der Waals surface area contributed by atoms with Crippen LogP contribution in [0.15, 0.2) is 0 Å². The van der Waals surface area contributed by atoms with Gasteiger partial charge in [0.05, 0.1) is 6.10 Å². The first-order chi connectivity index (χ1) is 4.79. The van der Waals surface area contributed by atoms with Gasteiger partial charge in [0.15, 0.2) is 6.10 Å². The summed E-state index contributed by atoms with van der Waals surface area (Å²) in [7, 11) is 0. The van der Waals surface area contributed by atoms with Crippen molar-refractivity contribution < 1.29 is 14.6 Å². The Bertz CT molecular complexity index is 170. The van der Waals surface area contributed by atoms with E-state index in [1.165, 1.54) is 0 Å². The summed E-state index contributed by atoms with van der Waals surface area (Å²) in [4.78, 5) is 10.9. The van der Waals surface area contributed by atoms with E-state index in [1.54, 1.807) is 0 Å². The molecule has 2 rings (SSSR count). The third kappa shape index (κ3) is 0.803. The van der Waals surface area contributed by atoms with Crippen LogP contribution in [0.2, 0.25) is 0 Å². The van der Waals surface area contributed by atoms with Gasteiger partial charge >= 0.3 is 0 Å². The number of rotatable bonds is 0. The lowest BCUT2D eigenvalue weighted by Crippen LogP contribution is -2.27. The van der Waals surface area contributed by atoms with E-state index in [2.05, 4.69) is 5.32 Å². The third-order valence-corrected chi connectivity index (χ3v) is 1.90. The molecule has 2 heterocycles. The van der Waals surface area contributed by atoms with Crippen LogP contribution in [0.25, 0.3) is 0 Å². The van der Waals surface area contributed by atoms with Gasteiger partial charge in [-0.2, -0.15) is 0 Å². The maximum Gasteiger partial charge on any atom is 0.251 e. The number of carbonyl (C=O) groups is 1. The van der Waals surface area contributed by atoms with E-state index < -0.39 is 6.10 Å². The number of amides is 1. The Morgan fingerprint density at radius 1 is 1.70 bits per heavy atom. The van der Waals surface area contributed by atoms with Crippen molar-refractivity contribution in [1.29, 1.82) is 0 Å². The van der Waals surface area contributed by atoms with E-state index in [9.17, 15) is 9.90 Å². The molecule has 4 nitrogen and oxygen atoms in total. The summed E-state index contributed by atoms with van der Waals surface area (Å²) < 4.78 is 4.92. The molecule has 10 heavy (non-hydrogen) atoms. The van der Waals surface area contributed by atoms with E-state index in [0.717, 1.165) is 0 Å². The molecule has 0 aromatic rings. The van der Waals surface area contributed by atoms with Crippen molar-refractivity contribution >= 4 is 5.91 Å². The van der Waals surface area contributed by atoms with Crippen molar-refractivity contribution in [2.45, 2.75) is 24.7 Å². The second kappa shape index (κ2) is 1.93. The first kappa shape index (κ1) is 6.12. The van der Waals surface area contributed by atoms with Crippen molar-refractivity contribution in [3.05, 3.63) is 0 Å². The van der Waals surface area contributed by atoms with Gasteiger partial charge in [0.2, 0.25) is 0 Å². The molecule has 0 aromatic carbocycles. The molecule has 1 amide bonds. The lowest BCUT2D eigenvalue weighted by Gasteiger charge is -2.02. The van der Waals surface area contributed by atoms with Gasteiger partial charge in [-0.05, 0) is 6.42 Å². The van der Waals surface area contributed by atoms with Crippen LogP contribution < -0.4 is 5.32 Å². The van der Waals surface area contributed by atoms with E-state index in [0.29, 0.717) is 13.0 Å². The van der Waals surface area contributed by atoms with Gasteiger partial charge in [-0.1, -0.05) is 0 Å². The Labute approximate surface area is 58.2 Å². The molecule has 3 atom stereocenters. The van der Waals surface area contributed by atoms with Crippen LogP contribution in [-0.4, -0.2) is 35.9 Å². The predicted molar refractivity (Wildman–Crippen MR) is 32.3 cm³/mol. The zero-order valence-electron chi connectivity index (χ0n) is 5.41. The average Bonchev–Trinajstić information content (AvgIpc) is 2.63. The standard InChI is InChI=1S/C6H9NO3/c8-3-1-2-7-6(9)5-4(3)10-5/h3-5,8H,1-2H2,(H,7,9). The van der Waals surface area contributed by atoms with Gasteiger partial charge in [-0.25, -0.2) is 0 Å².